The van der Waals surface area contributed by atoms with Crippen molar-refractivity contribution in [2.75, 3.05) is 26.8 Å². The molecule has 0 N–H and O–H groups in total. The third kappa shape index (κ3) is 2.91. The summed E-state index contributed by atoms with van der Waals surface area (Å²) < 4.78 is 24.6. The van der Waals surface area contributed by atoms with Gasteiger partial charge in [0.2, 0.25) is 0 Å². The van der Waals surface area contributed by atoms with Crippen LogP contribution in [0.5, 0.6) is 11.5 Å². The fraction of sp³-hybridized carbons (Fsp3) is 0.640. The normalized spacial score (nSPS) is 37.8. The van der Waals surface area contributed by atoms with Crippen molar-refractivity contribution in [2.24, 2.45) is 5.92 Å². The Morgan fingerprint density at radius 2 is 2.19 bits per heavy atom. The van der Waals surface area contributed by atoms with Crippen molar-refractivity contribution < 1.29 is 23.7 Å². The number of ether oxygens (including phenoxy) is 4. The van der Waals surface area contributed by atoms with Gasteiger partial charge in [0, 0.05) is 36.5 Å². The number of carbonyl (C=O) groups is 1. The molecular weight excluding hydrogens is 394 g/mol. The number of rotatable bonds is 4. The lowest BCUT2D eigenvalue weighted by Crippen LogP contribution is -2.65. The summed E-state index contributed by atoms with van der Waals surface area (Å²) in [7, 11) is 2.23. The van der Waals surface area contributed by atoms with E-state index < -0.39 is 0 Å². The van der Waals surface area contributed by atoms with Gasteiger partial charge in [-0.1, -0.05) is 18.2 Å². The van der Waals surface area contributed by atoms with Crippen LogP contribution in [-0.2, 0) is 26.1 Å². The average Bonchev–Trinajstić information content (AvgIpc) is 3.12. The molecule has 6 rings (SSSR count). The molecule has 31 heavy (non-hydrogen) atoms. The molecule has 2 fully saturated rings. The van der Waals surface area contributed by atoms with Crippen molar-refractivity contribution in [3.63, 3.8) is 0 Å². The molecule has 1 aromatic carbocycles. The van der Waals surface area contributed by atoms with Gasteiger partial charge >= 0.3 is 5.97 Å². The molecule has 6 heteroatoms. The number of carbonyl (C=O) groups excluding carboxylic acids is 1. The number of benzene rings is 1. The quantitative estimate of drug-likeness (QED) is 0.420. The van der Waals surface area contributed by atoms with Crippen LogP contribution in [0, 0.1) is 5.92 Å². The zero-order valence-corrected chi connectivity index (χ0v) is 18.3. The van der Waals surface area contributed by atoms with Gasteiger partial charge in [-0.15, -0.1) is 0 Å². The summed E-state index contributed by atoms with van der Waals surface area (Å²) in [5, 5.41) is 0. The fourth-order valence-corrected chi connectivity index (χ4v) is 6.74. The van der Waals surface area contributed by atoms with Gasteiger partial charge < -0.3 is 23.8 Å². The Kier molecular flexibility index (Phi) is 4.67. The number of likely N-dealkylation sites (N-methyl/N-ethyl adjacent to an activating group) is 1. The summed E-state index contributed by atoms with van der Waals surface area (Å²) in [6.07, 6.45) is 9.94. The SMILES string of the molecule is CC(=O)Oc1ccc2c3c1OC1C(OCC4CCCCO4)C=C[C@H]4[C@@H](C2)N(C)CC[C@]314. The minimum absolute atomic E-state index is 0.104. The maximum absolute atomic E-state index is 11.8. The third-order valence-corrected chi connectivity index (χ3v) is 8.12. The zero-order chi connectivity index (χ0) is 21.2. The van der Waals surface area contributed by atoms with Crippen LogP contribution in [0.2, 0.25) is 0 Å². The Labute approximate surface area is 183 Å². The second-order valence-electron chi connectivity index (χ2n) is 9.80. The number of hydrogen-bond donors (Lipinski definition) is 0. The minimum Gasteiger partial charge on any atom is -0.482 e. The van der Waals surface area contributed by atoms with Crippen LogP contribution in [-0.4, -0.2) is 62.0 Å². The highest BCUT2D eigenvalue weighted by Crippen LogP contribution is 2.62. The van der Waals surface area contributed by atoms with Crippen LogP contribution in [0.1, 0.15) is 43.7 Å². The molecule has 166 valence electrons. The molecule has 0 amide bonds. The highest BCUT2D eigenvalue weighted by atomic mass is 16.6. The average molecular weight is 426 g/mol. The largest absolute Gasteiger partial charge is 0.482 e. The molecule has 5 aliphatic rings. The van der Waals surface area contributed by atoms with Crippen LogP contribution < -0.4 is 9.47 Å². The summed E-state index contributed by atoms with van der Waals surface area (Å²) in [6, 6.07) is 4.49. The van der Waals surface area contributed by atoms with Crippen LogP contribution in [0.3, 0.4) is 0 Å². The van der Waals surface area contributed by atoms with E-state index in [0.717, 1.165) is 44.6 Å². The number of esters is 1. The number of likely N-dealkylation sites (tertiary alicyclic amines) is 1. The van der Waals surface area contributed by atoms with Gasteiger partial charge in [0.15, 0.2) is 11.5 Å². The maximum atomic E-state index is 11.8. The van der Waals surface area contributed by atoms with Crippen LogP contribution in [0.25, 0.3) is 0 Å². The number of hydrogen-bond acceptors (Lipinski definition) is 6. The van der Waals surface area contributed by atoms with Gasteiger partial charge in [0.25, 0.3) is 0 Å². The summed E-state index contributed by atoms with van der Waals surface area (Å²) in [5.74, 6) is 1.36. The fourth-order valence-electron chi connectivity index (χ4n) is 6.74. The predicted molar refractivity (Wildman–Crippen MR) is 115 cm³/mol. The van der Waals surface area contributed by atoms with Crippen LogP contribution >= 0.6 is 0 Å². The van der Waals surface area contributed by atoms with Crippen molar-refractivity contribution in [3.05, 3.63) is 35.4 Å². The van der Waals surface area contributed by atoms with Gasteiger partial charge in [-0.2, -0.15) is 0 Å². The number of nitrogens with zero attached hydrogens (tertiary/aromatic N) is 1. The van der Waals surface area contributed by atoms with Crippen LogP contribution in [0.4, 0.5) is 0 Å². The second-order valence-corrected chi connectivity index (χ2v) is 9.80. The molecule has 3 heterocycles. The highest BCUT2D eigenvalue weighted by Gasteiger charge is 2.64. The van der Waals surface area contributed by atoms with E-state index in [0.29, 0.717) is 24.3 Å². The van der Waals surface area contributed by atoms with E-state index in [4.69, 9.17) is 18.9 Å². The lowest BCUT2D eigenvalue weighted by Gasteiger charge is -2.56. The van der Waals surface area contributed by atoms with Gasteiger partial charge in [0.1, 0.15) is 12.2 Å². The van der Waals surface area contributed by atoms with Gasteiger partial charge in [0.05, 0.1) is 12.7 Å². The molecule has 6 nitrogen and oxygen atoms in total. The molecule has 0 saturated carbocycles. The lowest BCUT2D eigenvalue weighted by atomic mass is 9.53. The van der Waals surface area contributed by atoms with Gasteiger partial charge in [-0.3, -0.25) is 4.79 Å². The summed E-state index contributed by atoms with van der Waals surface area (Å²) in [4.78, 5) is 14.2. The van der Waals surface area contributed by atoms with Gasteiger partial charge in [-0.05, 0) is 57.3 Å². The molecule has 0 radical (unpaired) electrons. The standard InChI is InChI=1S/C25H31NO5/c1-15(27)30-20-8-6-16-13-19-18-7-9-21(29-14-17-5-3-4-12-28-17)24-25(18,10-11-26(19)2)22(16)23(20)31-24/h6-9,17-19,21,24H,3-5,10-14H2,1-2H3/t17?,18-,19+,21?,24?,25-/m0/s1. The van der Waals surface area contributed by atoms with E-state index in [1.54, 1.807) is 0 Å². The topological polar surface area (TPSA) is 57.2 Å². The molecule has 3 unspecified atom stereocenters. The molecule has 6 atom stereocenters. The van der Waals surface area contributed by atoms with E-state index in [1.807, 2.05) is 6.07 Å². The molecule has 1 spiro atoms. The van der Waals surface area contributed by atoms with Crippen LogP contribution in [0.15, 0.2) is 24.3 Å². The van der Waals surface area contributed by atoms with E-state index in [9.17, 15) is 4.79 Å². The molecule has 1 aromatic rings. The molecular formula is C25H31NO5. The smallest absolute Gasteiger partial charge is 0.308 e. The van der Waals surface area contributed by atoms with Gasteiger partial charge in [-0.25, -0.2) is 0 Å². The van der Waals surface area contributed by atoms with E-state index >= 15 is 0 Å². The predicted octanol–water partition coefficient (Wildman–Crippen LogP) is 3.01. The van der Waals surface area contributed by atoms with Crippen molar-refractivity contribution in [3.8, 4) is 11.5 Å². The zero-order valence-electron chi connectivity index (χ0n) is 18.3. The Morgan fingerprint density at radius 1 is 1.29 bits per heavy atom. The van der Waals surface area contributed by atoms with E-state index in [-0.39, 0.29) is 29.7 Å². The first-order valence-corrected chi connectivity index (χ1v) is 11.7. The van der Waals surface area contributed by atoms with Crippen molar-refractivity contribution in [2.45, 2.75) is 68.8 Å². The van der Waals surface area contributed by atoms with Crippen molar-refractivity contribution >= 4 is 5.97 Å². The first-order valence-electron chi connectivity index (χ1n) is 11.7. The summed E-state index contributed by atoms with van der Waals surface area (Å²) in [6.45, 7) is 3.90. The summed E-state index contributed by atoms with van der Waals surface area (Å²) >= 11 is 0. The third-order valence-electron chi connectivity index (χ3n) is 8.12. The first kappa shape index (κ1) is 19.8. The van der Waals surface area contributed by atoms with Crippen molar-refractivity contribution in [1.29, 1.82) is 0 Å². The summed E-state index contributed by atoms with van der Waals surface area (Å²) in [5.41, 5.74) is 2.46. The first-order chi connectivity index (χ1) is 15.1. The lowest BCUT2D eigenvalue weighted by molar-refractivity contribution is -0.132. The number of piperidine rings is 1. The van der Waals surface area contributed by atoms with Crippen molar-refractivity contribution in [1.82, 2.24) is 4.90 Å². The Hall–Kier alpha value is -1.89. The molecule has 2 saturated heterocycles. The van der Waals surface area contributed by atoms with E-state index in [2.05, 4.69) is 30.2 Å². The highest BCUT2D eigenvalue weighted by molar-refractivity contribution is 5.72. The molecule has 2 aliphatic carbocycles. The molecule has 3 aliphatic heterocycles. The maximum Gasteiger partial charge on any atom is 0.308 e. The Bertz CT molecular complexity index is 923. The minimum atomic E-state index is -0.318. The molecule has 0 aromatic heterocycles. The second kappa shape index (κ2) is 7.32. The monoisotopic (exact) mass is 425 g/mol. The Morgan fingerprint density at radius 3 is 3.00 bits per heavy atom. The Balaban J connectivity index is 1.39. The van der Waals surface area contributed by atoms with E-state index in [1.165, 1.54) is 24.5 Å². The molecule has 2 bridgehead atoms.